The van der Waals surface area contributed by atoms with Gasteiger partial charge in [0, 0.05) is 17.1 Å². The molecule has 3 aromatic heterocycles. The van der Waals surface area contributed by atoms with Gasteiger partial charge in [-0.1, -0.05) is 11.3 Å². The van der Waals surface area contributed by atoms with Crippen LogP contribution >= 0.6 is 11.3 Å². The van der Waals surface area contributed by atoms with Crippen LogP contribution in [0.15, 0.2) is 18.2 Å². The number of fused-ring (bicyclic) bond motifs is 1. The molecule has 0 amide bonds. The Kier molecular flexibility index (Phi) is 3.30. The molecule has 0 saturated heterocycles. The van der Waals surface area contributed by atoms with E-state index in [2.05, 4.69) is 52.7 Å². The lowest BCUT2D eigenvalue weighted by Crippen LogP contribution is -2.16. The first-order valence-corrected chi connectivity index (χ1v) is 8.00. The molecule has 0 aliphatic carbocycles. The van der Waals surface area contributed by atoms with Gasteiger partial charge in [-0.15, -0.1) is 0 Å². The monoisotopic (exact) mass is 310 g/mol. The third-order valence-corrected chi connectivity index (χ3v) is 4.95. The van der Waals surface area contributed by atoms with Crippen molar-refractivity contribution in [1.82, 2.24) is 14.5 Å². The number of thiazole rings is 1. The van der Waals surface area contributed by atoms with Crippen molar-refractivity contribution >= 4 is 21.7 Å². The van der Waals surface area contributed by atoms with Crippen LogP contribution in [0, 0.1) is 32.1 Å². The Morgan fingerprint density at radius 2 is 1.77 bits per heavy atom. The standard InChI is InChI=1S/C17H18N4S/c1-10-6-7-11(2)21(10)16-20-15-14(22-16)8-13(12(3)19-15)17(4,5)9-18/h6-8H,1-5H3. The zero-order chi connectivity index (χ0) is 16.1. The molecular weight excluding hydrogens is 292 g/mol. The van der Waals surface area contributed by atoms with Crippen molar-refractivity contribution in [2.24, 2.45) is 0 Å². The molecule has 112 valence electrons. The second-order valence-corrected chi connectivity index (χ2v) is 7.14. The molecule has 4 nitrogen and oxygen atoms in total. The summed E-state index contributed by atoms with van der Waals surface area (Å²) in [6, 6.07) is 8.60. The number of hydrogen-bond acceptors (Lipinski definition) is 4. The van der Waals surface area contributed by atoms with Crippen molar-refractivity contribution < 1.29 is 0 Å². The topological polar surface area (TPSA) is 54.5 Å². The van der Waals surface area contributed by atoms with E-state index in [-0.39, 0.29) is 0 Å². The molecule has 0 saturated carbocycles. The predicted molar refractivity (Wildman–Crippen MR) is 89.6 cm³/mol. The summed E-state index contributed by atoms with van der Waals surface area (Å²) in [7, 11) is 0. The molecular formula is C17H18N4S. The Morgan fingerprint density at radius 3 is 2.36 bits per heavy atom. The Balaban J connectivity index is 2.22. The maximum absolute atomic E-state index is 9.38. The zero-order valence-electron chi connectivity index (χ0n) is 13.4. The molecule has 0 aliphatic rings. The van der Waals surface area contributed by atoms with E-state index in [0.29, 0.717) is 0 Å². The van der Waals surface area contributed by atoms with E-state index in [1.54, 1.807) is 11.3 Å². The zero-order valence-corrected chi connectivity index (χ0v) is 14.2. The van der Waals surface area contributed by atoms with E-state index < -0.39 is 5.41 Å². The van der Waals surface area contributed by atoms with Crippen molar-refractivity contribution in [3.63, 3.8) is 0 Å². The second-order valence-electron chi connectivity index (χ2n) is 6.13. The first-order chi connectivity index (χ1) is 10.3. The van der Waals surface area contributed by atoms with Gasteiger partial charge >= 0.3 is 0 Å². The van der Waals surface area contributed by atoms with E-state index in [1.165, 1.54) is 0 Å². The van der Waals surface area contributed by atoms with E-state index >= 15 is 0 Å². The van der Waals surface area contributed by atoms with Gasteiger partial charge in [0.1, 0.15) is 0 Å². The molecule has 0 bridgehead atoms. The largest absolute Gasteiger partial charge is 0.295 e. The number of rotatable bonds is 2. The highest BCUT2D eigenvalue weighted by Crippen LogP contribution is 2.32. The third-order valence-electron chi connectivity index (χ3n) is 3.98. The van der Waals surface area contributed by atoms with E-state index in [4.69, 9.17) is 0 Å². The lowest BCUT2D eigenvalue weighted by atomic mass is 9.85. The molecule has 0 unspecified atom stereocenters. The van der Waals surface area contributed by atoms with Crippen LogP contribution in [0.25, 0.3) is 15.5 Å². The smallest absolute Gasteiger partial charge is 0.196 e. The molecule has 5 heteroatoms. The van der Waals surface area contributed by atoms with Crippen LogP contribution in [0.4, 0.5) is 0 Å². The fourth-order valence-corrected chi connectivity index (χ4v) is 3.77. The van der Waals surface area contributed by atoms with Crippen molar-refractivity contribution in [3.05, 3.63) is 40.8 Å². The van der Waals surface area contributed by atoms with E-state index in [1.807, 2.05) is 20.8 Å². The minimum Gasteiger partial charge on any atom is -0.295 e. The van der Waals surface area contributed by atoms with Crippen molar-refractivity contribution in [1.29, 1.82) is 5.26 Å². The highest BCUT2D eigenvalue weighted by molar-refractivity contribution is 7.20. The second kappa shape index (κ2) is 4.92. The molecule has 0 atom stereocenters. The van der Waals surface area contributed by atoms with Gasteiger partial charge in [-0.2, -0.15) is 10.2 Å². The molecule has 0 radical (unpaired) electrons. The number of nitrogens with zero attached hydrogens (tertiary/aromatic N) is 4. The molecule has 0 spiro atoms. The minimum absolute atomic E-state index is 0.547. The van der Waals surface area contributed by atoms with Crippen LogP contribution in [-0.4, -0.2) is 14.5 Å². The average Bonchev–Trinajstić information content (AvgIpc) is 3.00. The lowest BCUT2D eigenvalue weighted by molar-refractivity contribution is 0.677. The summed E-state index contributed by atoms with van der Waals surface area (Å²) in [5.41, 5.74) is 4.36. The van der Waals surface area contributed by atoms with Gasteiger partial charge in [0.05, 0.1) is 16.2 Å². The summed E-state index contributed by atoms with van der Waals surface area (Å²) in [5.74, 6) is 0. The molecule has 0 aliphatic heterocycles. The van der Waals surface area contributed by atoms with Crippen LogP contribution in [0.1, 0.15) is 36.5 Å². The highest BCUT2D eigenvalue weighted by atomic mass is 32.1. The number of hydrogen-bond donors (Lipinski definition) is 0. The molecule has 3 heterocycles. The van der Waals surface area contributed by atoms with Crippen LogP contribution in [-0.2, 0) is 5.41 Å². The molecule has 3 rings (SSSR count). The Labute approximate surface area is 134 Å². The predicted octanol–water partition coefficient (Wildman–Crippen LogP) is 4.21. The number of aryl methyl sites for hydroxylation is 3. The molecule has 3 aromatic rings. The van der Waals surface area contributed by atoms with Crippen LogP contribution in [0.5, 0.6) is 0 Å². The summed E-state index contributed by atoms with van der Waals surface area (Å²) in [4.78, 5) is 9.29. The van der Waals surface area contributed by atoms with E-state index in [0.717, 1.165) is 38.1 Å². The lowest BCUT2D eigenvalue weighted by Gasteiger charge is -2.17. The van der Waals surface area contributed by atoms with Crippen LogP contribution < -0.4 is 0 Å². The summed E-state index contributed by atoms with van der Waals surface area (Å²) in [5, 5.41) is 10.3. The number of aromatic nitrogens is 3. The fraction of sp³-hybridized carbons (Fsp3) is 0.353. The Morgan fingerprint density at radius 1 is 1.14 bits per heavy atom. The first-order valence-electron chi connectivity index (χ1n) is 7.19. The number of pyridine rings is 1. The van der Waals surface area contributed by atoms with Gasteiger partial charge in [0.2, 0.25) is 0 Å². The maximum atomic E-state index is 9.38. The van der Waals surface area contributed by atoms with Gasteiger partial charge in [-0.3, -0.25) is 4.57 Å². The molecule has 0 N–H and O–H groups in total. The molecule has 0 aromatic carbocycles. The molecule has 0 fully saturated rings. The van der Waals surface area contributed by atoms with Crippen molar-refractivity contribution in [3.8, 4) is 11.2 Å². The van der Waals surface area contributed by atoms with Crippen LogP contribution in [0.3, 0.4) is 0 Å². The third kappa shape index (κ3) is 2.20. The SMILES string of the molecule is Cc1nc2nc(-n3c(C)ccc3C)sc2cc1C(C)(C)C#N. The van der Waals surface area contributed by atoms with Gasteiger partial charge in [-0.25, -0.2) is 4.98 Å². The van der Waals surface area contributed by atoms with Crippen molar-refractivity contribution in [2.75, 3.05) is 0 Å². The van der Waals surface area contributed by atoms with Gasteiger partial charge in [0.25, 0.3) is 0 Å². The quantitative estimate of drug-likeness (QED) is 0.712. The summed E-state index contributed by atoms with van der Waals surface area (Å²) in [6.07, 6.45) is 0. The first kappa shape index (κ1) is 14.7. The maximum Gasteiger partial charge on any atom is 0.196 e. The number of nitriles is 1. The molecule has 22 heavy (non-hydrogen) atoms. The van der Waals surface area contributed by atoms with Gasteiger partial charge in [-0.05, 0) is 58.4 Å². The Bertz CT molecular complexity index is 889. The van der Waals surface area contributed by atoms with Gasteiger partial charge in [0.15, 0.2) is 10.8 Å². The van der Waals surface area contributed by atoms with Crippen molar-refractivity contribution in [2.45, 2.75) is 40.0 Å². The Hall–Kier alpha value is -2.19. The highest BCUT2D eigenvalue weighted by Gasteiger charge is 2.24. The fourth-order valence-electron chi connectivity index (χ4n) is 2.70. The minimum atomic E-state index is -0.547. The summed E-state index contributed by atoms with van der Waals surface area (Å²) >= 11 is 1.61. The summed E-state index contributed by atoms with van der Waals surface area (Å²) in [6.45, 7) is 9.93. The van der Waals surface area contributed by atoms with Gasteiger partial charge < -0.3 is 0 Å². The normalized spacial score (nSPS) is 11.8. The summed E-state index contributed by atoms with van der Waals surface area (Å²) < 4.78 is 3.16. The van der Waals surface area contributed by atoms with E-state index in [9.17, 15) is 5.26 Å². The van der Waals surface area contributed by atoms with Crippen LogP contribution in [0.2, 0.25) is 0 Å². The average molecular weight is 310 g/mol.